The Bertz CT molecular complexity index is 1050. The second-order valence-corrected chi connectivity index (χ2v) is 7.93. The summed E-state index contributed by atoms with van der Waals surface area (Å²) in [6.07, 6.45) is 5.20. The number of aromatic nitrogens is 1. The Kier molecular flexibility index (Phi) is 7.12. The third-order valence-corrected chi connectivity index (χ3v) is 5.53. The van der Waals surface area contributed by atoms with Crippen molar-refractivity contribution >= 4 is 23.6 Å². The van der Waals surface area contributed by atoms with Crippen molar-refractivity contribution in [3.8, 4) is 11.3 Å². The molecule has 0 radical (unpaired) electrons. The molecule has 0 unspecified atom stereocenters. The normalized spacial score (nSPS) is 17.6. The van der Waals surface area contributed by atoms with Crippen LogP contribution in [0.3, 0.4) is 0 Å². The highest BCUT2D eigenvalue weighted by molar-refractivity contribution is 6.11. The van der Waals surface area contributed by atoms with Gasteiger partial charge in [0.05, 0.1) is 18.8 Å². The highest BCUT2D eigenvalue weighted by Crippen LogP contribution is 2.35. The lowest BCUT2D eigenvalue weighted by atomic mass is 9.92. The van der Waals surface area contributed by atoms with Crippen LogP contribution in [0.15, 0.2) is 47.4 Å². The zero-order chi connectivity index (χ0) is 23.3. The minimum absolute atomic E-state index is 0.137. The van der Waals surface area contributed by atoms with E-state index in [2.05, 4.69) is 4.99 Å². The number of benzene rings is 1. The molecule has 1 aliphatic rings. The van der Waals surface area contributed by atoms with Gasteiger partial charge in [-0.25, -0.2) is 8.78 Å². The molecule has 6 N–H and O–H groups in total. The zero-order valence-corrected chi connectivity index (χ0v) is 18.3. The van der Waals surface area contributed by atoms with E-state index in [1.54, 1.807) is 12.3 Å². The van der Waals surface area contributed by atoms with Crippen molar-refractivity contribution in [1.82, 2.24) is 4.98 Å². The van der Waals surface area contributed by atoms with Crippen LogP contribution >= 0.6 is 0 Å². The summed E-state index contributed by atoms with van der Waals surface area (Å²) in [4.78, 5) is 9.23. The molecule has 170 valence electrons. The van der Waals surface area contributed by atoms with Gasteiger partial charge in [0.15, 0.2) is 5.88 Å². The minimum atomic E-state index is -2.58. The summed E-state index contributed by atoms with van der Waals surface area (Å²) in [5, 5.41) is 0. The number of hydrogen-bond donors (Lipinski definition) is 3. The van der Waals surface area contributed by atoms with Crippen LogP contribution < -0.4 is 17.2 Å². The zero-order valence-electron chi connectivity index (χ0n) is 18.3. The smallest absolute Gasteiger partial charge is 0.248 e. The fourth-order valence-electron chi connectivity index (χ4n) is 3.64. The molecule has 32 heavy (non-hydrogen) atoms. The molecule has 0 bridgehead atoms. The maximum absolute atomic E-state index is 13.4. The molecule has 0 spiro atoms. The van der Waals surface area contributed by atoms with E-state index in [0.29, 0.717) is 29.8 Å². The summed E-state index contributed by atoms with van der Waals surface area (Å²) in [7, 11) is 1.49. The summed E-state index contributed by atoms with van der Waals surface area (Å²) in [6, 6.07) is 9.22. The molecule has 0 saturated heterocycles. The van der Waals surface area contributed by atoms with Gasteiger partial charge in [0, 0.05) is 65.0 Å². The number of aliphatic imine (C=N–C) groups is 1. The highest BCUT2D eigenvalue weighted by Gasteiger charge is 2.34. The monoisotopic (exact) mass is 441 g/mol. The minimum Gasteiger partial charge on any atom is -0.483 e. The van der Waals surface area contributed by atoms with Crippen molar-refractivity contribution in [1.29, 1.82) is 0 Å². The first-order valence-corrected chi connectivity index (χ1v) is 10.4. The van der Waals surface area contributed by atoms with Gasteiger partial charge in [-0.05, 0) is 31.9 Å². The van der Waals surface area contributed by atoms with Crippen molar-refractivity contribution in [3.63, 3.8) is 0 Å². The van der Waals surface area contributed by atoms with E-state index >= 15 is 0 Å². The van der Waals surface area contributed by atoms with Gasteiger partial charge in [0.25, 0.3) is 0 Å². The van der Waals surface area contributed by atoms with E-state index in [1.165, 1.54) is 13.3 Å². The second-order valence-electron chi connectivity index (χ2n) is 7.93. The highest BCUT2D eigenvalue weighted by atomic mass is 19.3. The molecular weight excluding hydrogens is 412 g/mol. The molecule has 8 heteroatoms. The number of aryl methyl sites for hydroxylation is 1. The van der Waals surface area contributed by atoms with E-state index in [1.807, 2.05) is 37.3 Å². The number of nitrogen functional groups attached to an aromatic ring is 1. The Hall–Kier alpha value is -3.42. The van der Waals surface area contributed by atoms with Crippen LogP contribution in [0.1, 0.15) is 42.5 Å². The number of allylic oxidation sites excluding steroid dienone is 1. The van der Waals surface area contributed by atoms with Crippen LogP contribution in [0.2, 0.25) is 0 Å². The lowest BCUT2D eigenvalue weighted by molar-refractivity contribution is -0.0373. The van der Waals surface area contributed by atoms with Gasteiger partial charge in [-0.3, -0.25) is 9.98 Å². The predicted octanol–water partition coefficient (Wildman–Crippen LogP) is 4.49. The number of methoxy groups -OCH3 is 1. The van der Waals surface area contributed by atoms with Gasteiger partial charge >= 0.3 is 0 Å². The number of nitrogens with zero attached hydrogens (tertiary/aromatic N) is 2. The van der Waals surface area contributed by atoms with Crippen molar-refractivity contribution in [2.24, 2.45) is 16.5 Å². The van der Waals surface area contributed by atoms with Crippen LogP contribution in [0.5, 0.6) is 0 Å². The lowest BCUT2D eigenvalue weighted by Gasteiger charge is -2.25. The van der Waals surface area contributed by atoms with Crippen molar-refractivity contribution in [3.05, 3.63) is 59.2 Å². The van der Waals surface area contributed by atoms with Crippen LogP contribution in [-0.4, -0.2) is 30.3 Å². The first kappa shape index (κ1) is 23.2. The van der Waals surface area contributed by atoms with Crippen molar-refractivity contribution < 1.29 is 13.5 Å². The predicted molar refractivity (Wildman–Crippen MR) is 126 cm³/mol. The van der Waals surface area contributed by atoms with E-state index in [0.717, 1.165) is 22.4 Å². The van der Waals surface area contributed by atoms with Gasteiger partial charge in [-0.1, -0.05) is 18.2 Å². The standard InChI is InChI=1S/C24H29F2N5O/c1-15-3-6-20(18(13-27)14-30-19-7-9-24(25,26)10-8-19)23(31-15)17-5-4-16(21(28)11-17)12-22(29)32-2/h3-6,11-14,19H,7-10,27-29H2,1-2H3/b18-13+,22-12+,30-14?. The Balaban J connectivity index is 1.92. The Morgan fingerprint density at radius 1 is 1.22 bits per heavy atom. The van der Waals surface area contributed by atoms with Gasteiger partial charge in [0.1, 0.15) is 0 Å². The van der Waals surface area contributed by atoms with Crippen LogP contribution in [0.4, 0.5) is 14.5 Å². The molecule has 1 fully saturated rings. The maximum Gasteiger partial charge on any atom is 0.248 e. The lowest BCUT2D eigenvalue weighted by Crippen LogP contribution is -2.26. The average molecular weight is 442 g/mol. The third kappa shape index (κ3) is 5.63. The van der Waals surface area contributed by atoms with Crippen molar-refractivity contribution in [2.45, 2.75) is 44.6 Å². The maximum atomic E-state index is 13.4. The molecule has 0 atom stereocenters. The van der Waals surface area contributed by atoms with Gasteiger partial charge in [-0.15, -0.1) is 0 Å². The molecule has 1 heterocycles. The van der Waals surface area contributed by atoms with E-state index in [4.69, 9.17) is 26.9 Å². The van der Waals surface area contributed by atoms with Crippen molar-refractivity contribution in [2.75, 3.05) is 12.8 Å². The molecule has 6 nitrogen and oxygen atoms in total. The number of rotatable bonds is 6. The number of nitrogens with two attached hydrogens (primary N) is 3. The SMILES string of the molecule is CO/C(N)=C/c1ccc(-c2nc(C)ccc2/C(C=NC2CCC(F)(F)CC2)=C/N)cc1N. The van der Waals surface area contributed by atoms with E-state index in [9.17, 15) is 8.78 Å². The average Bonchev–Trinajstić information content (AvgIpc) is 2.77. The van der Waals surface area contributed by atoms with Crippen LogP contribution in [-0.2, 0) is 4.74 Å². The van der Waals surface area contributed by atoms with Crippen LogP contribution in [0.25, 0.3) is 22.9 Å². The van der Waals surface area contributed by atoms with E-state index < -0.39 is 5.92 Å². The number of anilines is 1. The first-order chi connectivity index (χ1) is 15.2. The molecule has 0 amide bonds. The fourth-order valence-corrected chi connectivity index (χ4v) is 3.64. The van der Waals surface area contributed by atoms with Gasteiger partial charge in [0.2, 0.25) is 5.92 Å². The summed E-state index contributed by atoms with van der Waals surface area (Å²) in [5.41, 5.74) is 22.9. The van der Waals surface area contributed by atoms with Gasteiger partial charge < -0.3 is 21.9 Å². The third-order valence-electron chi connectivity index (χ3n) is 5.53. The van der Waals surface area contributed by atoms with E-state index in [-0.39, 0.29) is 24.8 Å². The number of ether oxygens (including phenoxy) is 1. The topological polar surface area (TPSA) is 113 Å². The first-order valence-electron chi connectivity index (χ1n) is 10.4. The Morgan fingerprint density at radius 3 is 2.56 bits per heavy atom. The number of halogens is 2. The molecule has 0 aliphatic heterocycles. The Morgan fingerprint density at radius 2 is 1.94 bits per heavy atom. The quantitative estimate of drug-likeness (QED) is 0.347. The van der Waals surface area contributed by atoms with Gasteiger partial charge in [-0.2, -0.15) is 0 Å². The molecule has 1 aromatic carbocycles. The number of alkyl halides is 2. The number of hydrogen-bond acceptors (Lipinski definition) is 6. The largest absolute Gasteiger partial charge is 0.483 e. The number of pyridine rings is 1. The summed E-state index contributed by atoms with van der Waals surface area (Å²) in [5.74, 6) is -2.33. The molecule has 1 aliphatic carbocycles. The summed E-state index contributed by atoms with van der Waals surface area (Å²) < 4.78 is 31.8. The molecular formula is C24H29F2N5O. The fraction of sp³-hybridized carbons (Fsp3) is 0.333. The Labute approximate surface area is 186 Å². The van der Waals surface area contributed by atoms with Crippen LogP contribution in [0, 0.1) is 6.92 Å². The molecule has 3 rings (SSSR count). The second kappa shape index (κ2) is 9.80. The summed E-state index contributed by atoms with van der Waals surface area (Å²) >= 11 is 0. The molecule has 2 aromatic rings. The summed E-state index contributed by atoms with van der Waals surface area (Å²) in [6.45, 7) is 1.90. The molecule has 1 aromatic heterocycles. The molecule has 1 saturated carbocycles.